The smallest absolute Gasteiger partial charge is 0.0439 e. The Morgan fingerprint density at radius 3 is 2.93 bits per heavy atom. The molecule has 0 spiro atoms. The molecule has 0 N–H and O–H groups in total. The van der Waals surface area contributed by atoms with Gasteiger partial charge in [0.2, 0.25) is 0 Å². The van der Waals surface area contributed by atoms with E-state index in [0.717, 1.165) is 5.92 Å². The first-order valence-corrected chi connectivity index (χ1v) is 5.83. The Balaban J connectivity index is 1.92. The summed E-state index contributed by atoms with van der Waals surface area (Å²) in [6.45, 7) is 1.18. The maximum Gasteiger partial charge on any atom is 0.0439 e. The molecule has 15 heavy (non-hydrogen) atoms. The third-order valence-corrected chi connectivity index (χ3v) is 3.52. The predicted octanol–water partition coefficient (Wildman–Crippen LogP) is 2.98. The van der Waals surface area contributed by atoms with E-state index in [1.54, 1.807) is 5.70 Å². The fourth-order valence-electron chi connectivity index (χ4n) is 2.77. The minimum Gasteiger partial charge on any atom is -0.345 e. The number of aromatic nitrogens is 1. The molecule has 0 aromatic carbocycles. The number of allylic oxidation sites excluding steroid dienone is 2. The van der Waals surface area contributed by atoms with Crippen molar-refractivity contribution in [3.05, 3.63) is 36.3 Å². The zero-order chi connectivity index (χ0) is 10.1. The first kappa shape index (κ1) is 8.96. The summed E-state index contributed by atoms with van der Waals surface area (Å²) in [7, 11) is 0. The van der Waals surface area contributed by atoms with Crippen LogP contribution in [0.1, 0.15) is 25.7 Å². The zero-order valence-corrected chi connectivity index (χ0v) is 8.89. The third-order valence-electron chi connectivity index (χ3n) is 3.52. The summed E-state index contributed by atoms with van der Waals surface area (Å²) in [4.78, 5) is 6.54. The van der Waals surface area contributed by atoms with Crippen LogP contribution in [0.5, 0.6) is 0 Å². The minimum absolute atomic E-state index is 0.826. The number of hydrogen-bond acceptors (Lipinski definition) is 2. The Labute approximate surface area is 90.6 Å². The highest BCUT2D eigenvalue weighted by molar-refractivity contribution is 5.53. The average molecular weight is 200 g/mol. The van der Waals surface area contributed by atoms with Crippen molar-refractivity contribution in [3.8, 4) is 0 Å². The molecule has 2 heterocycles. The van der Waals surface area contributed by atoms with Crippen LogP contribution in [0.25, 0.3) is 0 Å². The molecular formula is C13H16N2. The van der Waals surface area contributed by atoms with E-state index < -0.39 is 0 Å². The van der Waals surface area contributed by atoms with Crippen LogP contribution in [-0.4, -0.2) is 11.5 Å². The van der Waals surface area contributed by atoms with Gasteiger partial charge in [-0.1, -0.05) is 6.08 Å². The van der Waals surface area contributed by atoms with Gasteiger partial charge in [0.1, 0.15) is 0 Å². The Hall–Kier alpha value is -1.31. The van der Waals surface area contributed by atoms with Crippen LogP contribution < -0.4 is 4.90 Å². The van der Waals surface area contributed by atoms with E-state index in [2.05, 4.69) is 28.1 Å². The molecule has 1 unspecified atom stereocenters. The van der Waals surface area contributed by atoms with Crippen molar-refractivity contribution in [2.24, 2.45) is 5.92 Å². The Morgan fingerprint density at radius 1 is 1.20 bits per heavy atom. The Bertz CT molecular complexity index is 369. The summed E-state index contributed by atoms with van der Waals surface area (Å²) in [5.41, 5.74) is 2.87. The SMILES string of the molecule is C1=C2C(CCC1)CCN2c1ccncc1. The highest BCUT2D eigenvalue weighted by Crippen LogP contribution is 2.38. The van der Waals surface area contributed by atoms with Crippen molar-refractivity contribution >= 4 is 5.69 Å². The van der Waals surface area contributed by atoms with E-state index in [1.165, 1.54) is 37.9 Å². The van der Waals surface area contributed by atoms with Crippen LogP contribution in [0.3, 0.4) is 0 Å². The van der Waals surface area contributed by atoms with Crippen molar-refractivity contribution in [1.82, 2.24) is 4.98 Å². The molecule has 1 aliphatic heterocycles. The van der Waals surface area contributed by atoms with E-state index >= 15 is 0 Å². The molecule has 78 valence electrons. The maximum atomic E-state index is 4.07. The first-order valence-electron chi connectivity index (χ1n) is 5.83. The number of anilines is 1. The number of nitrogens with zero attached hydrogens (tertiary/aromatic N) is 2. The fraction of sp³-hybridized carbons (Fsp3) is 0.462. The highest BCUT2D eigenvalue weighted by Gasteiger charge is 2.29. The normalized spacial score (nSPS) is 24.9. The van der Waals surface area contributed by atoms with Crippen LogP contribution in [0.2, 0.25) is 0 Å². The molecule has 0 radical (unpaired) electrons. The van der Waals surface area contributed by atoms with Gasteiger partial charge in [-0.05, 0) is 37.8 Å². The van der Waals surface area contributed by atoms with Crippen LogP contribution in [0, 0.1) is 5.92 Å². The lowest BCUT2D eigenvalue weighted by Crippen LogP contribution is -2.18. The lowest BCUT2D eigenvalue weighted by Gasteiger charge is -2.25. The third kappa shape index (κ3) is 1.54. The molecule has 2 aliphatic rings. The monoisotopic (exact) mass is 200 g/mol. The zero-order valence-electron chi connectivity index (χ0n) is 8.89. The molecule has 1 saturated heterocycles. The van der Waals surface area contributed by atoms with Gasteiger partial charge in [0.15, 0.2) is 0 Å². The largest absolute Gasteiger partial charge is 0.345 e. The molecule has 0 amide bonds. The van der Waals surface area contributed by atoms with Gasteiger partial charge in [-0.25, -0.2) is 0 Å². The van der Waals surface area contributed by atoms with E-state index in [1.807, 2.05) is 12.4 Å². The number of hydrogen-bond donors (Lipinski definition) is 0. The van der Waals surface area contributed by atoms with Crippen LogP contribution in [-0.2, 0) is 0 Å². The Kier molecular flexibility index (Phi) is 2.20. The summed E-state index contributed by atoms with van der Waals surface area (Å²) >= 11 is 0. The van der Waals surface area contributed by atoms with Crippen LogP contribution in [0.4, 0.5) is 5.69 Å². The second-order valence-corrected chi connectivity index (χ2v) is 4.40. The molecule has 2 heteroatoms. The molecule has 0 saturated carbocycles. The molecule has 2 nitrogen and oxygen atoms in total. The van der Waals surface area contributed by atoms with Gasteiger partial charge in [-0.2, -0.15) is 0 Å². The summed E-state index contributed by atoms with van der Waals surface area (Å²) < 4.78 is 0. The molecular weight excluding hydrogens is 184 g/mol. The molecule has 1 aromatic heterocycles. The second-order valence-electron chi connectivity index (χ2n) is 4.40. The lowest BCUT2D eigenvalue weighted by molar-refractivity contribution is 0.532. The van der Waals surface area contributed by atoms with Gasteiger partial charge < -0.3 is 4.90 Å². The molecule has 1 fully saturated rings. The number of rotatable bonds is 1. The van der Waals surface area contributed by atoms with Gasteiger partial charge in [0.05, 0.1) is 0 Å². The fourth-order valence-corrected chi connectivity index (χ4v) is 2.77. The van der Waals surface area contributed by atoms with Crippen molar-refractivity contribution in [2.45, 2.75) is 25.7 Å². The molecule has 3 rings (SSSR count). The summed E-state index contributed by atoms with van der Waals surface area (Å²) in [5.74, 6) is 0.826. The summed E-state index contributed by atoms with van der Waals surface area (Å²) in [6, 6.07) is 4.22. The van der Waals surface area contributed by atoms with Crippen molar-refractivity contribution in [3.63, 3.8) is 0 Å². The molecule has 1 aromatic rings. The van der Waals surface area contributed by atoms with E-state index in [9.17, 15) is 0 Å². The number of pyridine rings is 1. The topological polar surface area (TPSA) is 16.1 Å². The maximum absolute atomic E-state index is 4.07. The highest BCUT2D eigenvalue weighted by atomic mass is 15.2. The minimum atomic E-state index is 0.826. The lowest BCUT2D eigenvalue weighted by atomic mass is 9.92. The number of fused-ring (bicyclic) bond motifs is 1. The standard InChI is InChI=1S/C13H16N2/c1-2-4-13-11(3-1)7-10-15(13)12-5-8-14-9-6-12/h4-6,8-9,11H,1-3,7,10H2. The summed E-state index contributed by atoms with van der Waals surface area (Å²) in [5, 5.41) is 0. The first-order chi connectivity index (χ1) is 7.45. The van der Waals surface area contributed by atoms with Crippen molar-refractivity contribution in [1.29, 1.82) is 0 Å². The van der Waals surface area contributed by atoms with E-state index in [0.29, 0.717) is 0 Å². The van der Waals surface area contributed by atoms with Gasteiger partial charge >= 0.3 is 0 Å². The van der Waals surface area contributed by atoms with Gasteiger partial charge in [-0.3, -0.25) is 4.98 Å². The summed E-state index contributed by atoms with van der Waals surface area (Å²) in [6.07, 6.45) is 11.5. The van der Waals surface area contributed by atoms with Crippen LogP contribution >= 0.6 is 0 Å². The van der Waals surface area contributed by atoms with Gasteiger partial charge in [0.25, 0.3) is 0 Å². The van der Waals surface area contributed by atoms with Crippen LogP contribution in [0.15, 0.2) is 36.3 Å². The van der Waals surface area contributed by atoms with Crippen molar-refractivity contribution < 1.29 is 0 Å². The quantitative estimate of drug-likeness (QED) is 0.692. The van der Waals surface area contributed by atoms with Gasteiger partial charge in [0, 0.05) is 36.2 Å². The molecule has 1 atom stereocenters. The van der Waals surface area contributed by atoms with E-state index in [-0.39, 0.29) is 0 Å². The average Bonchev–Trinajstić information content (AvgIpc) is 2.74. The predicted molar refractivity (Wildman–Crippen MR) is 61.6 cm³/mol. The Morgan fingerprint density at radius 2 is 2.07 bits per heavy atom. The second kappa shape index (κ2) is 3.69. The van der Waals surface area contributed by atoms with Crippen molar-refractivity contribution in [2.75, 3.05) is 11.4 Å². The molecule has 0 bridgehead atoms. The van der Waals surface area contributed by atoms with Gasteiger partial charge in [-0.15, -0.1) is 0 Å². The molecule has 1 aliphatic carbocycles. The van der Waals surface area contributed by atoms with E-state index in [4.69, 9.17) is 0 Å².